The number of ether oxygens (including phenoxy) is 1. The molecule has 3 aliphatic rings. The van der Waals surface area contributed by atoms with Crippen LogP contribution < -0.4 is 15.1 Å². The molecule has 1 saturated heterocycles. The summed E-state index contributed by atoms with van der Waals surface area (Å²) >= 11 is 0. The summed E-state index contributed by atoms with van der Waals surface area (Å²) in [4.78, 5) is 34.8. The molecule has 2 amide bonds. The maximum absolute atomic E-state index is 13.4. The first-order valence-corrected chi connectivity index (χ1v) is 18.8. The Morgan fingerprint density at radius 2 is 1.28 bits per heavy atom. The monoisotopic (exact) mass is 709 g/mol. The van der Waals surface area contributed by atoms with Gasteiger partial charge in [-0.05, 0) is 83.0 Å². The molecule has 1 fully saturated rings. The number of carbonyl (C=O) groups is 2. The molecule has 2 unspecified atom stereocenters. The number of rotatable bonds is 10. The van der Waals surface area contributed by atoms with Gasteiger partial charge in [0.25, 0.3) is 0 Å². The van der Waals surface area contributed by atoms with Crippen molar-refractivity contribution in [2.24, 2.45) is 5.92 Å². The maximum Gasteiger partial charge on any atom is 0.407 e. The SMILES string of the molecule is CC(NC(=O)OCC1c2ccccc2-c2ccccc21)C(=O)N1CCN(C2=CCC(C(c3ccc(N(C)C)cc3)c3ccc(N(C)C)cc3)C=C2)CC1. The molecular formula is C45H51N5O3. The first-order valence-electron chi connectivity index (χ1n) is 18.8. The molecule has 7 rings (SSSR count). The van der Waals surface area contributed by atoms with Crippen LogP contribution in [0.2, 0.25) is 0 Å². The predicted octanol–water partition coefficient (Wildman–Crippen LogP) is 7.48. The summed E-state index contributed by atoms with van der Waals surface area (Å²) in [5.41, 5.74) is 10.9. The van der Waals surface area contributed by atoms with Gasteiger partial charge >= 0.3 is 6.09 Å². The summed E-state index contributed by atoms with van der Waals surface area (Å²) in [7, 11) is 8.29. The van der Waals surface area contributed by atoms with Gasteiger partial charge in [0.05, 0.1) is 0 Å². The van der Waals surface area contributed by atoms with Crippen molar-refractivity contribution in [2.75, 3.05) is 70.8 Å². The summed E-state index contributed by atoms with van der Waals surface area (Å²) in [6.07, 6.45) is 7.36. The summed E-state index contributed by atoms with van der Waals surface area (Å²) in [6, 6.07) is 33.8. The number of carbonyl (C=O) groups excluding carboxylic acids is 2. The molecule has 8 nitrogen and oxygen atoms in total. The van der Waals surface area contributed by atoms with Gasteiger partial charge in [-0.25, -0.2) is 4.79 Å². The molecule has 0 saturated carbocycles. The molecule has 0 bridgehead atoms. The number of piperazine rings is 1. The van der Waals surface area contributed by atoms with Crippen molar-refractivity contribution in [3.05, 3.63) is 143 Å². The number of nitrogens with one attached hydrogen (secondary N) is 1. The van der Waals surface area contributed by atoms with Crippen LogP contribution in [-0.4, -0.2) is 88.8 Å². The maximum atomic E-state index is 13.4. The van der Waals surface area contributed by atoms with Crippen LogP contribution in [-0.2, 0) is 9.53 Å². The Balaban J connectivity index is 0.925. The fourth-order valence-corrected chi connectivity index (χ4v) is 8.09. The summed E-state index contributed by atoms with van der Waals surface area (Å²) in [5, 5.41) is 2.79. The van der Waals surface area contributed by atoms with Crippen molar-refractivity contribution in [2.45, 2.75) is 31.2 Å². The van der Waals surface area contributed by atoms with Gasteiger partial charge in [0, 0.05) is 83.3 Å². The Morgan fingerprint density at radius 3 is 1.77 bits per heavy atom. The molecular weight excluding hydrogens is 659 g/mol. The number of hydrogen-bond acceptors (Lipinski definition) is 6. The lowest BCUT2D eigenvalue weighted by atomic mass is 9.77. The summed E-state index contributed by atoms with van der Waals surface area (Å²) in [5.74, 6) is 0.439. The van der Waals surface area contributed by atoms with E-state index < -0.39 is 12.1 Å². The molecule has 4 aromatic rings. The van der Waals surface area contributed by atoms with Crippen molar-refractivity contribution in [3.63, 3.8) is 0 Å². The molecule has 8 heteroatoms. The van der Waals surface area contributed by atoms with Crippen LogP contribution in [0.5, 0.6) is 0 Å². The summed E-state index contributed by atoms with van der Waals surface area (Å²) < 4.78 is 5.71. The summed E-state index contributed by atoms with van der Waals surface area (Å²) in [6.45, 7) is 4.64. The standard InChI is InChI=1S/C45H51N5O3/c1-31(46-45(52)53-30-42-40-12-8-6-10-38(40)39-11-7-9-13-41(39)42)44(51)50-28-26-49(27-29-50)37-24-18-34(19-25-37)43(32-14-20-35(21-15-32)47(2)3)33-16-22-36(23-17-33)48(4)5/h6-18,20-25,31,34,42-43H,19,26-30H2,1-5H3,(H,46,52). The van der Waals surface area contributed by atoms with Crippen molar-refractivity contribution >= 4 is 23.4 Å². The van der Waals surface area contributed by atoms with E-state index in [9.17, 15) is 9.59 Å². The number of anilines is 2. The van der Waals surface area contributed by atoms with Gasteiger partial charge in [-0.1, -0.05) is 84.9 Å². The van der Waals surface area contributed by atoms with E-state index in [1.165, 1.54) is 39.3 Å². The van der Waals surface area contributed by atoms with Crippen LogP contribution in [0.1, 0.15) is 47.4 Å². The highest BCUT2D eigenvalue weighted by Gasteiger charge is 2.31. The highest BCUT2D eigenvalue weighted by Crippen LogP contribution is 2.44. The van der Waals surface area contributed by atoms with Crippen molar-refractivity contribution in [1.29, 1.82) is 0 Å². The zero-order valence-corrected chi connectivity index (χ0v) is 31.5. The Morgan fingerprint density at radius 1 is 0.755 bits per heavy atom. The van der Waals surface area contributed by atoms with E-state index in [0.717, 1.165) is 30.6 Å². The number of nitrogens with zero attached hydrogens (tertiary/aromatic N) is 4. The first-order chi connectivity index (χ1) is 25.7. The number of alkyl carbamates (subject to hydrolysis) is 1. The lowest BCUT2D eigenvalue weighted by Gasteiger charge is -2.39. The van der Waals surface area contributed by atoms with E-state index in [1.54, 1.807) is 6.92 Å². The van der Waals surface area contributed by atoms with Crippen LogP contribution in [0.4, 0.5) is 16.2 Å². The van der Waals surface area contributed by atoms with E-state index in [4.69, 9.17) is 4.74 Å². The predicted molar refractivity (Wildman–Crippen MR) is 215 cm³/mol. The van der Waals surface area contributed by atoms with Crippen molar-refractivity contribution < 1.29 is 14.3 Å². The van der Waals surface area contributed by atoms with E-state index in [2.05, 4.69) is 139 Å². The second kappa shape index (κ2) is 15.6. The number of amides is 2. The average molecular weight is 710 g/mol. The molecule has 1 heterocycles. The van der Waals surface area contributed by atoms with E-state index in [1.807, 2.05) is 29.2 Å². The van der Waals surface area contributed by atoms with Gasteiger partial charge in [0.2, 0.25) is 5.91 Å². The Labute approximate surface area is 314 Å². The molecule has 2 atom stereocenters. The lowest BCUT2D eigenvalue weighted by Crippen LogP contribution is -2.54. The molecule has 274 valence electrons. The van der Waals surface area contributed by atoms with Gasteiger partial charge in [0.15, 0.2) is 0 Å². The molecule has 0 spiro atoms. The number of benzene rings is 4. The van der Waals surface area contributed by atoms with Crippen LogP contribution in [0.3, 0.4) is 0 Å². The van der Waals surface area contributed by atoms with Gasteiger partial charge in [0.1, 0.15) is 12.6 Å². The molecule has 53 heavy (non-hydrogen) atoms. The minimum Gasteiger partial charge on any atom is -0.449 e. The second-order valence-electron chi connectivity index (χ2n) is 14.8. The second-order valence-corrected chi connectivity index (χ2v) is 14.8. The highest BCUT2D eigenvalue weighted by molar-refractivity contribution is 5.85. The third kappa shape index (κ3) is 7.68. The van der Waals surface area contributed by atoms with E-state index in [-0.39, 0.29) is 24.3 Å². The van der Waals surface area contributed by atoms with Gasteiger partial charge in [-0.3, -0.25) is 4.79 Å². The van der Waals surface area contributed by atoms with E-state index >= 15 is 0 Å². The van der Waals surface area contributed by atoms with Crippen LogP contribution in [0.25, 0.3) is 11.1 Å². The molecule has 1 aliphatic heterocycles. The molecule has 0 aromatic heterocycles. The normalized spacial score (nSPS) is 17.2. The third-order valence-corrected chi connectivity index (χ3v) is 11.1. The number of fused-ring (bicyclic) bond motifs is 3. The first kappa shape index (κ1) is 35.9. The third-order valence-electron chi connectivity index (χ3n) is 11.1. The average Bonchev–Trinajstić information content (AvgIpc) is 3.51. The fraction of sp³-hybridized carbons (Fsp3) is 0.333. The Bertz CT molecular complexity index is 1880. The minimum atomic E-state index is -0.678. The smallest absolute Gasteiger partial charge is 0.407 e. The Hall–Kier alpha value is -5.50. The van der Waals surface area contributed by atoms with Crippen molar-refractivity contribution in [1.82, 2.24) is 15.1 Å². The minimum absolute atomic E-state index is 0.0270. The number of hydrogen-bond donors (Lipinski definition) is 1. The number of allylic oxidation sites excluding steroid dienone is 3. The molecule has 0 radical (unpaired) electrons. The van der Waals surface area contributed by atoms with Gasteiger partial charge in [-0.2, -0.15) is 0 Å². The van der Waals surface area contributed by atoms with Crippen LogP contribution >= 0.6 is 0 Å². The van der Waals surface area contributed by atoms with Gasteiger partial charge < -0.3 is 29.7 Å². The van der Waals surface area contributed by atoms with Gasteiger partial charge in [-0.15, -0.1) is 0 Å². The van der Waals surface area contributed by atoms with Crippen LogP contribution in [0, 0.1) is 5.92 Å². The fourth-order valence-electron chi connectivity index (χ4n) is 8.09. The van der Waals surface area contributed by atoms with Crippen LogP contribution in [0.15, 0.2) is 121 Å². The molecule has 2 aliphatic carbocycles. The largest absolute Gasteiger partial charge is 0.449 e. The molecule has 1 N–H and O–H groups in total. The zero-order valence-electron chi connectivity index (χ0n) is 31.5. The zero-order chi connectivity index (χ0) is 37.1. The highest BCUT2D eigenvalue weighted by atomic mass is 16.5. The quantitative estimate of drug-likeness (QED) is 0.184. The molecule has 4 aromatic carbocycles. The topological polar surface area (TPSA) is 68.4 Å². The van der Waals surface area contributed by atoms with E-state index in [0.29, 0.717) is 19.0 Å². The lowest BCUT2D eigenvalue weighted by molar-refractivity contribution is -0.134. The van der Waals surface area contributed by atoms with Crippen molar-refractivity contribution in [3.8, 4) is 11.1 Å². The Kier molecular flexibility index (Phi) is 10.6.